The van der Waals surface area contributed by atoms with Crippen molar-refractivity contribution in [1.82, 2.24) is 4.98 Å². The summed E-state index contributed by atoms with van der Waals surface area (Å²) in [5, 5.41) is 5.24. The molecule has 0 aliphatic heterocycles. The number of hydrogen-bond acceptors (Lipinski definition) is 5. The van der Waals surface area contributed by atoms with Crippen LogP contribution in [0, 0.1) is 6.92 Å². The predicted octanol–water partition coefficient (Wildman–Crippen LogP) is 3.34. The van der Waals surface area contributed by atoms with Gasteiger partial charge in [0.25, 0.3) is 5.91 Å². The van der Waals surface area contributed by atoms with E-state index >= 15 is 0 Å². The Hall–Kier alpha value is -1.05. The van der Waals surface area contributed by atoms with Crippen LogP contribution in [0.4, 0.5) is 5.13 Å². The fraction of sp³-hybridized carbons (Fsp3) is 0.182. The lowest BCUT2D eigenvalue weighted by atomic mass is 10.3. The number of aryl methyl sites for hydroxylation is 1. The lowest BCUT2D eigenvalue weighted by Gasteiger charge is -1.97. The van der Waals surface area contributed by atoms with Crippen molar-refractivity contribution >= 4 is 55.4 Å². The van der Waals surface area contributed by atoms with Gasteiger partial charge in [-0.15, -0.1) is 11.3 Å². The van der Waals surface area contributed by atoms with Gasteiger partial charge in [-0.2, -0.15) is 0 Å². The van der Waals surface area contributed by atoms with E-state index < -0.39 is 0 Å². The second-order valence-corrected chi connectivity index (χ2v) is 5.93. The molecule has 2 rings (SSSR count). The third-order valence-corrected chi connectivity index (χ3v) is 4.63. The van der Waals surface area contributed by atoms with E-state index in [4.69, 9.17) is 0 Å². The highest BCUT2D eigenvalue weighted by Gasteiger charge is 2.16. The van der Waals surface area contributed by atoms with E-state index in [1.807, 2.05) is 11.4 Å². The van der Waals surface area contributed by atoms with Gasteiger partial charge in [-0.05, 0) is 18.4 Å². The molecule has 0 spiro atoms. The van der Waals surface area contributed by atoms with Gasteiger partial charge in [0.05, 0.1) is 20.8 Å². The summed E-state index contributed by atoms with van der Waals surface area (Å²) in [4.78, 5) is 28.8. The van der Waals surface area contributed by atoms with Crippen molar-refractivity contribution in [3.63, 3.8) is 0 Å². The summed E-state index contributed by atoms with van der Waals surface area (Å²) >= 11 is 5.68. The van der Waals surface area contributed by atoms with Crippen LogP contribution in [0.1, 0.15) is 25.0 Å². The molecular formula is C11H9BrN2O2S2. The van der Waals surface area contributed by atoms with E-state index in [-0.39, 0.29) is 17.0 Å². The Balaban J connectivity index is 2.16. The average Bonchev–Trinajstić information content (AvgIpc) is 2.97. The minimum Gasteiger partial charge on any atom is -0.297 e. The smallest absolute Gasteiger partial charge is 0.267 e. The molecule has 0 radical (unpaired) electrons. The number of amides is 1. The van der Waals surface area contributed by atoms with Crippen molar-refractivity contribution in [2.24, 2.45) is 0 Å². The summed E-state index contributed by atoms with van der Waals surface area (Å²) < 4.78 is 0. The summed E-state index contributed by atoms with van der Waals surface area (Å²) in [6, 6.07) is 3.55. The maximum atomic E-state index is 11.8. The molecule has 0 saturated carbocycles. The highest BCUT2D eigenvalue weighted by atomic mass is 79.9. The van der Waals surface area contributed by atoms with Crippen LogP contribution in [0.15, 0.2) is 17.5 Å². The molecule has 18 heavy (non-hydrogen) atoms. The van der Waals surface area contributed by atoms with Gasteiger partial charge in [-0.1, -0.05) is 33.3 Å². The number of nitrogens with zero attached hydrogens (tertiary/aromatic N) is 1. The van der Waals surface area contributed by atoms with Gasteiger partial charge in [0.1, 0.15) is 0 Å². The Morgan fingerprint density at radius 3 is 2.89 bits per heavy atom. The molecule has 1 N–H and O–H groups in total. The summed E-state index contributed by atoms with van der Waals surface area (Å²) in [6.07, 6.45) is 0. The van der Waals surface area contributed by atoms with Crippen LogP contribution in [0.2, 0.25) is 0 Å². The molecule has 2 aromatic rings. The molecule has 0 aromatic carbocycles. The van der Waals surface area contributed by atoms with Crippen LogP contribution < -0.4 is 5.32 Å². The number of ketones is 1. The number of thiazole rings is 1. The standard InChI is InChI=1S/C11H9BrN2O2S2/c1-6-9(7(15)5-12)18-11(13-6)14-10(16)8-3-2-4-17-8/h2-4H,5H2,1H3,(H,13,14,16). The molecule has 0 unspecified atom stereocenters. The maximum Gasteiger partial charge on any atom is 0.267 e. The van der Waals surface area contributed by atoms with E-state index in [0.717, 1.165) is 0 Å². The molecule has 0 saturated heterocycles. The molecule has 1 amide bonds. The maximum absolute atomic E-state index is 11.8. The van der Waals surface area contributed by atoms with Crippen LogP contribution in [-0.4, -0.2) is 22.0 Å². The predicted molar refractivity (Wildman–Crippen MR) is 77.2 cm³/mol. The van der Waals surface area contributed by atoms with E-state index in [0.29, 0.717) is 20.6 Å². The average molecular weight is 345 g/mol. The second-order valence-electron chi connectivity index (χ2n) is 3.42. The third-order valence-electron chi connectivity index (χ3n) is 2.14. The number of anilines is 1. The second kappa shape index (κ2) is 5.73. The SMILES string of the molecule is Cc1nc(NC(=O)c2cccs2)sc1C(=O)CBr. The first kappa shape index (κ1) is 13.4. The number of alkyl halides is 1. The number of Topliss-reactive ketones (excluding diaryl/α,β-unsaturated/α-hetero) is 1. The fourth-order valence-corrected chi connectivity index (χ4v) is 3.32. The third kappa shape index (κ3) is 2.85. The van der Waals surface area contributed by atoms with Gasteiger partial charge >= 0.3 is 0 Å². The Bertz CT molecular complexity index is 578. The molecule has 2 aromatic heterocycles. The Kier molecular flexibility index (Phi) is 4.26. The number of rotatable bonds is 4. The number of carbonyl (C=O) groups excluding carboxylic acids is 2. The van der Waals surface area contributed by atoms with E-state index in [9.17, 15) is 9.59 Å². The Morgan fingerprint density at radius 1 is 1.50 bits per heavy atom. The minimum absolute atomic E-state index is 0.0263. The van der Waals surface area contributed by atoms with E-state index in [1.165, 1.54) is 22.7 Å². The Labute approximate surface area is 120 Å². The molecule has 0 fully saturated rings. The molecule has 2 heterocycles. The summed E-state index contributed by atoms with van der Waals surface area (Å²) in [7, 11) is 0. The molecule has 7 heteroatoms. The number of thiophene rings is 1. The first-order chi connectivity index (χ1) is 8.61. The highest BCUT2D eigenvalue weighted by molar-refractivity contribution is 9.09. The van der Waals surface area contributed by atoms with Gasteiger partial charge < -0.3 is 0 Å². The zero-order chi connectivity index (χ0) is 13.1. The molecule has 0 aliphatic carbocycles. The molecule has 0 aliphatic rings. The topological polar surface area (TPSA) is 59.1 Å². The molecular weight excluding hydrogens is 336 g/mol. The van der Waals surface area contributed by atoms with Gasteiger partial charge in [-0.25, -0.2) is 4.98 Å². The van der Waals surface area contributed by atoms with E-state index in [1.54, 1.807) is 13.0 Å². The van der Waals surface area contributed by atoms with Crippen molar-refractivity contribution in [2.45, 2.75) is 6.92 Å². The number of hydrogen-bond donors (Lipinski definition) is 1. The lowest BCUT2D eigenvalue weighted by molar-refractivity contribution is 0.102. The van der Waals surface area contributed by atoms with Crippen LogP contribution in [0.25, 0.3) is 0 Å². The summed E-state index contributed by atoms with van der Waals surface area (Å²) in [6.45, 7) is 1.76. The van der Waals surface area contributed by atoms with Gasteiger partial charge in [-0.3, -0.25) is 14.9 Å². The number of halogens is 1. The van der Waals surface area contributed by atoms with Crippen LogP contribution >= 0.6 is 38.6 Å². The Morgan fingerprint density at radius 2 is 2.28 bits per heavy atom. The fourth-order valence-electron chi connectivity index (χ4n) is 1.34. The van der Waals surface area contributed by atoms with Crippen molar-refractivity contribution in [1.29, 1.82) is 0 Å². The molecule has 94 valence electrons. The number of nitrogens with one attached hydrogen (secondary N) is 1. The van der Waals surface area contributed by atoms with Crippen molar-refractivity contribution in [2.75, 3.05) is 10.6 Å². The van der Waals surface area contributed by atoms with Crippen molar-refractivity contribution in [3.05, 3.63) is 33.0 Å². The number of aromatic nitrogens is 1. The monoisotopic (exact) mass is 344 g/mol. The van der Waals surface area contributed by atoms with Crippen molar-refractivity contribution in [3.8, 4) is 0 Å². The quantitative estimate of drug-likeness (QED) is 0.683. The van der Waals surface area contributed by atoms with Crippen LogP contribution in [0.5, 0.6) is 0 Å². The minimum atomic E-state index is -0.198. The van der Waals surface area contributed by atoms with Gasteiger partial charge in [0.2, 0.25) is 0 Å². The van der Waals surface area contributed by atoms with Crippen LogP contribution in [-0.2, 0) is 0 Å². The molecule has 4 nitrogen and oxygen atoms in total. The zero-order valence-corrected chi connectivity index (χ0v) is 12.6. The largest absolute Gasteiger partial charge is 0.297 e. The summed E-state index contributed by atoms with van der Waals surface area (Å²) in [5.74, 6) is -0.224. The zero-order valence-electron chi connectivity index (χ0n) is 9.40. The first-order valence-electron chi connectivity index (χ1n) is 5.03. The highest BCUT2D eigenvalue weighted by Crippen LogP contribution is 2.24. The normalized spacial score (nSPS) is 10.3. The number of carbonyl (C=O) groups is 2. The van der Waals surface area contributed by atoms with Crippen LogP contribution in [0.3, 0.4) is 0 Å². The molecule has 0 atom stereocenters. The molecule has 0 bridgehead atoms. The van der Waals surface area contributed by atoms with Gasteiger partial charge in [0, 0.05) is 0 Å². The first-order valence-corrected chi connectivity index (χ1v) is 7.85. The van der Waals surface area contributed by atoms with E-state index in [2.05, 4.69) is 26.2 Å². The lowest BCUT2D eigenvalue weighted by Crippen LogP contribution is -2.09. The van der Waals surface area contributed by atoms with Crippen molar-refractivity contribution < 1.29 is 9.59 Å². The summed E-state index contributed by atoms with van der Waals surface area (Å²) in [5.41, 5.74) is 0.644. The van der Waals surface area contributed by atoms with Gasteiger partial charge in [0.15, 0.2) is 10.9 Å².